The zero-order valence-electron chi connectivity index (χ0n) is 10.7. The Morgan fingerprint density at radius 3 is 2.47 bits per heavy atom. The summed E-state index contributed by atoms with van der Waals surface area (Å²) in [5.41, 5.74) is 1.72. The predicted octanol–water partition coefficient (Wildman–Crippen LogP) is 2.97. The summed E-state index contributed by atoms with van der Waals surface area (Å²) in [6.45, 7) is 4.49. The summed E-state index contributed by atoms with van der Waals surface area (Å²) in [5, 5.41) is 0. The third-order valence-electron chi connectivity index (χ3n) is 2.52. The van der Waals surface area contributed by atoms with E-state index in [1.54, 1.807) is 19.2 Å². The smallest absolute Gasteiger partial charge is 0.338 e. The van der Waals surface area contributed by atoms with Crippen LogP contribution in [0, 0.1) is 6.92 Å². The van der Waals surface area contributed by atoms with Crippen molar-refractivity contribution < 1.29 is 14.3 Å². The van der Waals surface area contributed by atoms with E-state index in [1.165, 1.54) is 0 Å². The number of esters is 1. The Bertz CT molecular complexity index is 337. The lowest BCUT2D eigenvalue weighted by atomic mass is 10.1. The molecule has 0 bridgehead atoms. The van der Waals surface area contributed by atoms with Crippen molar-refractivity contribution in [2.45, 2.75) is 32.8 Å². The van der Waals surface area contributed by atoms with Gasteiger partial charge in [-0.05, 0) is 25.5 Å². The first-order valence-corrected chi connectivity index (χ1v) is 5.94. The van der Waals surface area contributed by atoms with Gasteiger partial charge in [-0.25, -0.2) is 4.79 Å². The number of aryl methyl sites for hydroxylation is 1. The number of hydrogen-bond acceptors (Lipinski definition) is 3. The first-order valence-electron chi connectivity index (χ1n) is 5.94. The van der Waals surface area contributed by atoms with Gasteiger partial charge >= 0.3 is 5.97 Å². The average molecular weight is 236 g/mol. The number of hydrogen-bond donors (Lipinski definition) is 0. The van der Waals surface area contributed by atoms with Gasteiger partial charge < -0.3 is 9.47 Å². The molecule has 1 rings (SSSR count). The third kappa shape index (κ3) is 4.57. The second-order valence-electron chi connectivity index (χ2n) is 4.14. The van der Waals surface area contributed by atoms with E-state index in [0.29, 0.717) is 12.2 Å². The topological polar surface area (TPSA) is 35.5 Å². The molecule has 0 spiro atoms. The highest BCUT2D eigenvalue weighted by Crippen LogP contribution is 2.09. The maximum atomic E-state index is 11.8. The van der Waals surface area contributed by atoms with Crippen LogP contribution in [0.1, 0.15) is 35.7 Å². The molecular formula is C14H20O3. The number of carbonyl (C=O) groups is 1. The van der Waals surface area contributed by atoms with Crippen LogP contribution in [0.25, 0.3) is 0 Å². The molecule has 0 amide bonds. The molecule has 17 heavy (non-hydrogen) atoms. The summed E-state index contributed by atoms with van der Waals surface area (Å²) in [6, 6.07) is 7.38. The fraction of sp³-hybridized carbons (Fsp3) is 0.500. The molecule has 1 aromatic carbocycles. The Labute approximate surface area is 103 Å². The molecule has 1 unspecified atom stereocenters. The zero-order chi connectivity index (χ0) is 12.7. The molecule has 3 nitrogen and oxygen atoms in total. The Morgan fingerprint density at radius 2 is 1.94 bits per heavy atom. The van der Waals surface area contributed by atoms with Crippen molar-refractivity contribution in [3.8, 4) is 0 Å². The molecule has 0 heterocycles. The van der Waals surface area contributed by atoms with Gasteiger partial charge in [0.2, 0.25) is 0 Å². The number of benzene rings is 1. The van der Waals surface area contributed by atoms with Crippen LogP contribution in [0.15, 0.2) is 24.3 Å². The van der Waals surface area contributed by atoms with Crippen LogP contribution < -0.4 is 0 Å². The van der Waals surface area contributed by atoms with Gasteiger partial charge in [0.15, 0.2) is 0 Å². The number of methoxy groups -OCH3 is 1. The van der Waals surface area contributed by atoms with Crippen molar-refractivity contribution in [2.75, 3.05) is 13.7 Å². The summed E-state index contributed by atoms with van der Waals surface area (Å²) in [7, 11) is 1.61. The normalized spacial score (nSPS) is 12.2. The van der Waals surface area contributed by atoms with E-state index in [1.807, 2.05) is 19.1 Å². The van der Waals surface area contributed by atoms with Crippen molar-refractivity contribution in [1.29, 1.82) is 0 Å². The minimum absolute atomic E-state index is 0.154. The van der Waals surface area contributed by atoms with Gasteiger partial charge in [-0.15, -0.1) is 0 Å². The minimum Gasteiger partial charge on any atom is -0.456 e. The molecule has 0 aromatic heterocycles. The lowest BCUT2D eigenvalue weighted by molar-refractivity contribution is 0.00298. The number of rotatable bonds is 6. The van der Waals surface area contributed by atoms with E-state index in [-0.39, 0.29) is 12.1 Å². The van der Waals surface area contributed by atoms with Crippen LogP contribution in [0.3, 0.4) is 0 Å². The van der Waals surface area contributed by atoms with E-state index in [9.17, 15) is 4.79 Å². The van der Waals surface area contributed by atoms with Gasteiger partial charge in [0.1, 0.15) is 6.10 Å². The second kappa shape index (κ2) is 7.07. The van der Waals surface area contributed by atoms with Crippen LogP contribution in [-0.2, 0) is 9.47 Å². The maximum Gasteiger partial charge on any atom is 0.338 e. The van der Waals surface area contributed by atoms with Crippen LogP contribution in [0.2, 0.25) is 0 Å². The summed E-state index contributed by atoms with van der Waals surface area (Å²) in [5.74, 6) is -0.277. The van der Waals surface area contributed by atoms with Gasteiger partial charge in [-0.3, -0.25) is 0 Å². The Hall–Kier alpha value is -1.35. The van der Waals surface area contributed by atoms with E-state index in [4.69, 9.17) is 9.47 Å². The molecule has 1 aromatic rings. The standard InChI is InChI=1S/C14H20O3/c1-4-5-13(10-16-3)17-14(15)12-8-6-11(2)7-9-12/h6-9,13H,4-5,10H2,1-3H3. The molecule has 0 aliphatic carbocycles. The highest BCUT2D eigenvalue weighted by atomic mass is 16.6. The summed E-state index contributed by atoms with van der Waals surface area (Å²) >= 11 is 0. The first-order chi connectivity index (χ1) is 8.17. The molecule has 0 aliphatic heterocycles. The monoisotopic (exact) mass is 236 g/mol. The van der Waals surface area contributed by atoms with Gasteiger partial charge in [-0.2, -0.15) is 0 Å². The molecular weight excluding hydrogens is 216 g/mol. The van der Waals surface area contributed by atoms with Crippen molar-refractivity contribution in [3.63, 3.8) is 0 Å². The van der Waals surface area contributed by atoms with Gasteiger partial charge in [0, 0.05) is 7.11 Å². The summed E-state index contributed by atoms with van der Waals surface area (Å²) in [4.78, 5) is 11.8. The first kappa shape index (κ1) is 13.7. The second-order valence-corrected chi connectivity index (χ2v) is 4.14. The number of carbonyl (C=O) groups excluding carboxylic acids is 1. The minimum atomic E-state index is -0.277. The van der Waals surface area contributed by atoms with E-state index in [0.717, 1.165) is 18.4 Å². The lowest BCUT2D eigenvalue weighted by Gasteiger charge is -2.16. The van der Waals surface area contributed by atoms with Gasteiger partial charge in [-0.1, -0.05) is 31.0 Å². The van der Waals surface area contributed by atoms with Crippen molar-refractivity contribution in [3.05, 3.63) is 35.4 Å². The molecule has 0 fully saturated rings. The van der Waals surface area contributed by atoms with E-state index >= 15 is 0 Å². The molecule has 0 saturated carbocycles. The molecule has 0 saturated heterocycles. The molecule has 94 valence electrons. The fourth-order valence-corrected chi connectivity index (χ4v) is 1.59. The quantitative estimate of drug-likeness (QED) is 0.712. The molecule has 0 aliphatic rings. The highest BCUT2D eigenvalue weighted by molar-refractivity contribution is 5.89. The van der Waals surface area contributed by atoms with Gasteiger partial charge in [0.05, 0.1) is 12.2 Å². The Balaban J connectivity index is 2.60. The van der Waals surface area contributed by atoms with Crippen LogP contribution in [0.4, 0.5) is 0 Å². The predicted molar refractivity (Wildman–Crippen MR) is 67.2 cm³/mol. The van der Waals surface area contributed by atoms with Crippen LogP contribution in [-0.4, -0.2) is 25.8 Å². The molecule has 0 N–H and O–H groups in total. The summed E-state index contributed by atoms with van der Waals surface area (Å²) in [6.07, 6.45) is 1.64. The average Bonchev–Trinajstić information content (AvgIpc) is 2.30. The van der Waals surface area contributed by atoms with E-state index in [2.05, 4.69) is 6.92 Å². The zero-order valence-corrected chi connectivity index (χ0v) is 10.7. The van der Waals surface area contributed by atoms with Crippen molar-refractivity contribution in [2.24, 2.45) is 0 Å². The maximum absolute atomic E-state index is 11.8. The van der Waals surface area contributed by atoms with Gasteiger partial charge in [0.25, 0.3) is 0 Å². The Morgan fingerprint density at radius 1 is 1.29 bits per heavy atom. The largest absolute Gasteiger partial charge is 0.456 e. The fourth-order valence-electron chi connectivity index (χ4n) is 1.59. The lowest BCUT2D eigenvalue weighted by Crippen LogP contribution is -2.23. The molecule has 1 atom stereocenters. The van der Waals surface area contributed by atoms with Crippen LogP contribution in [0.5, 0.6) is 0 Å². The number of ether oxygens (including phenoxy) is 2. The SMILES string of the molecule is CCCC(COC)OC(=O)c1ccc(C)cc1. The Kier molecular flexibility index (Phi) is 5.70. The summed E-state index contributed by atoms with van der Waals surface area (Å²) < 4.78 is 10.4. The molecule has 0 radical (unpaired) electrons. The van der Waals surface area contributed by atoms with E-state index < -0.39 is 0 Å². The third-order valence-corrected chi connectivity index (χ3v) is 2.52. The highest BCUT2D eigenvalue weighted by Gasteiger charge is 2.14. The van der Waals surface area contributed by atoms with Crippen molar-refractivity contribution in [1.82, 2.24) is 0 Å². The van der Waals surface area contributed by atoms with Crippen molar-refractivity contribution >= 4 is 5.97 Å². The molecule has 3 heteroatoms. The van der Waals surface area contributed by atoms with Crippen LogP contribution >= 0.6 is 0 Å².